The molecule has 0 unspecified atom stereocenters. The fourth-order valence-electron chi connectivity index (χ4n) is 5.70. The molecule has 0 amide bonds. The highest BCUT2D eigenvalue weighted by atomic mass is 32.2. The lowest BCUT2D eigenvalue weighted by Crippen LogP contribution is -2.67. The van der Waals surface area contributed by atoms with E-state index in [4.69, 9.17) is 9.16 Å². The van der Waals surface area contributed by atoms with E-state index in [1.54, 1.807) is 11.8 Å². The number of halogens is 1. The summed E-state index contributed by atoms with van der Waals surface area (Å²) in [4.78, 5) is 26.6. The van der Waals surface area contributed by atoms with E-state index in [1.807, 2.05) is 42.5 Å². The van der Waals surface area contributed by atoms with Crippen LogP contribution >= 0.6 is 11.8 Å². The molecule has 1 aromatic heterocycles. The van der Waals surface area contributed by atoms with Gasteiger partial charge in [-0.15, -0.1) is 0 Å². The second kappa shape index (κ2) is 12.3. The number of hydrogen-bond donors (Lipinski definition) is 1. The van der Waals surface area contributed by atoms with Gasteiger partial charge in [0, 0.05) is 12.4 Å². The highest BCUT2D eigenvalue weighted by Gasteiger charge is 2.51. The predicted molar refractivity (Wildman–Crippen MR) is 165 cm³/mol. The SMILES string of the molecule is CC(C)(C)[Si](OC[C@H]1SC[C@@H](n2cc(F)c(=O)[nH]c2=O)[C@@H]1OCc1ccccc1)(c1ccccc1)c1ccccc1. The molecule has 1 saturated heterocycles. The van der Waals surface area contributed by atoms with Crippen LogP contribution in [0, 0.1) is 5.82 Å². The minimum Gasteiger partial charge on any atom is -0.406 e. The van der Waals surface area contributed by atoms with Crippen molar-refractivity contribution in [2.24, 2.45) is 0 Å². The number of H-pyrrole nitrogens is 1. The summed E-state index contributed by atoms with van der Waals surface area (Å²) in [7, 11) is -2.81. The summed E-state index contributed by atoms with van der Waals surface area (Å²) in [6.45, 7) is 7.41. The number of ether oxygens (including phenoxy) is 1. The maximum absolute atomic E-state index is 14.3. The first kappa shape index (κ1) is 29.3. The van der Waals surface area contributed by atoms with E-state index in [0.717, 1.165) is 11.8 Å². The zero-order chi connectivity index (χ0) is 29.0. The Labute approximate surface area is 244 Å². The topological polar surface area (TPSA) is 73.3 Å². The van der Waals surface area contributed by atoms with Gasteiger partial charge >= 0.3 is 5.69 Å². The van der Waals surface area contributed by atoms with Crippen molar-refractivity contribution in [3.8, 4) is 0 Å². The maximum Gasteiger partial charge on any atom is 0.328 e. The molecule has 0 radical (unpaired) electrons. The van der Waals surface area contributed by atoms with Gasteiger partial charge in [-0.1, -0.05) is 112 Å². The van der Waals surface area contributed by atoms with Gasteiger partial charge in [0.15, 0.2) is 0 Å². The Bertz CT molecular complexity index is 1520. The fraction of sp³-hybridized carbons (Fsp3) is 0.312. The highest BCUT2D eigenvalue weighted by molar-refractivity contribution is 8.00. The third-order valence-electron chi connectivity index (χ3n) is 7.67. The molecule has 5 rings (SSSR count). The summed E-state index contributed by atoms with van der Waals surface area (Å²) in [5, 5.41) is 2.03. The van der Waals surface area contributed by atoms with Crippen molar-refractivity contribution >= 4 is 30.5 Å². The van der Waals surface area contributed by atoms with Crippen LogP contribution in [-0.2, 0) is 15.8 Å². The Morgan fingerprint density at radius 2 is 1.49 bits per heavy atom. The number of nitrogens with zero attached hydrogens (tertiary/aromatic N) is 1. The van der Waals surface area contributed by atoms with E-state index in [0.29, 0.717) is 19.0 Å². The summed E-state index contributed by atoms with van der Waals surface area (Å²) < 4.78 is 29.3. The quantitative estimate of drug-likeness (QED) is 0.291. The van der Waals surface area contributed by atoms with Gasteiger partial charge in [-0.05, 0) is 21.0 Å². The molecule has 1 fully saturated rings. The molecule has 0 spiro atoms. The zero-order valence-corrected chi connectivity index (χ0v) is 25.3. The van der Waals surface area contributed by atoms with E-state index < -0.39 is 37.5 Å². The Morgan fingerprint density at radius 1 is 0.927 bits per heavy atom. The van der Waals surface area contributed by atoms with Gasteiger partial charge in [0.2, 0.25) is 5.82 Å². The van der Waals surface area contributed by atoms with Crippen LogP contribution in [0.4, 0.5) is 4.39 Å². The fourth-order valence-corrected chi connectivity index (χ4v) is 11.8. The van der Waals surface area contributed by atoms with Gasteiger partial charge in [-0.3, -0.25) is 14.3 Å². The molecule has 0 aliphatic carbocycles. The number of nitrogens with one attached hydrogen (secondary N) is 1. The van der Waals surface area contributed by atoms with Crippen molar-refractivity contribution < 1.29 is 13.6 Å². The molecule has 4 aromatic rings. The van der Waals surface area contributed by atoms with Crippen LogP contribution in [0.2, 0.25) is 5.04 Å². The first-order valence-electron chi connectivity index (χ1n) is 13.7. The maximum atomic E-state index is 14.3. The molecule has 1 aliphatic rings. The van der Waals surface area contributed by atoms with Crippen LogP contribution in [0.1, 0.15) is 32.4 Å². The summed E-state index contributed by atoms with van der Waals surface area (Å²) in [6.07, 6.45) is 0.540. The highest BCUT2D eigenvalue weighted by Crippen LogP contribution is 2.41. The molecule has 214 valence electrons. The molecular weight excluding hydrogens is 556 g/mol. The smallest absolute Gasteiger partial charge is 0.328 e. The van der Waals surface area contributed by atoms with Crippen molar-refractivity contribution in [3.05, 3.63) is 129 Å². The molecule has 6 nitrogen and oxygen atoms in total. The minimum atomic E-state index is -2.81. The zero-order valence-electron chi connectivity index (χ0n) is 23.5. The summed E-state index contributed by atoms with van der Waals surface area (Å²) in [5.74, 6) is -0.483. The van der Waals surface area contributed by atoms with Gasteiger partial charge < -0.3 is 9.16 Å². The van der Waals surface area contributed by atoms with E-state index >= 15 is 0 Å². The van der Waals surface area contributed by atoms with E-state index in [9.17, 15) is 14.0 Å². The Balaban J connectivity index is 1.51. The molecule has 0 bridgehead atoms. The summed E-state index contributed by atoms with van der Waals surface area (Å²) >= 11 is 1.65. The second-order valence-electron chi connectivity index (χ2n) is 11.3. The standard InChI is InChI=1S/C32H35FN2O4SSi/c1-32(2,3)41(24-15-9-5-10-16-24,25-17-11-6-12-18-25)39-21-28-29(38-20-23-13-7-4-8-14-23)27(22-40-28)35-19-26(33)30(36)34-31(35)37/h4-19,27-29H,20-22H2,1-3H3,(H,34,36,37)/t27-,28-,29+/m1/s1. The minimum absolute atomic E-state index is 0.132. The van der Waals surface area contributed by atoms with E-state index in [2.05, 4.69) is 74.3 Å². The third kappa shape index (κ3) is 6.04. The van der Waals surface area contributed by atoms with Crippen molar-refractivity contribution in [3.63, 3.8) is 0 Å². The average Bonchev–Trinajstić information content (AvgIpc) is 3.37. The molecule has 3 atom stereocenters. The van der Waals surface area contributed by atoms with Crippen LogP contribution in [0.15, 0.2) is 107 Å². The number of rotatable bonds is 9. The van der Waals surface area contributed by atoms with E-state index in [-0.39, 0.29) is 10.3 Å². The number of aromatic amines is 1. The molecule has 1 aliphatic heterocycles. The average molecular weight is 591 g/mol. The molecular formula is C32H35FN2O4SSi. The molecule has 1 N–H and O–H groups in total. The Hall–Kier alpha value is -3.24. The lowest BCUT2D eigenvalue weighted by molar-refractivity contribution is 0.00664. The van der Waals surface area contributed by atoms with Crippen LogP contribution < -0.4 is 21.6 Å². The lowest BCUT2D eigenvalue weighted by atomic mass is 10.1. The number of aromatic nitrogens is 2. The van der Waals surface area contributed by atoms with Gasteiger partial charge in [0.05, 0.1) is 30.2 Å². The lowest BCUT2D eigenvalue weighted by Gasteiger charge is -2.43. The molecule has 41 heavy (non-hydrogen) atoms. The van der Waals surface area contributed by atoms with Crippen LogP contribution in [-0.4, -0.2) is 41.6 Å². The normalized spacial score (nSPS) is 19.4. The van der Waals surface area contributed by atoms with Gasteiger partial charge in [-0.2, -0.15) is 16.2 Å². The van der Waals surface area contributed by atoms with Crippen LogP contribution in [0.5, 0.6) is 0 Å². The van der Waals surface area contributed by atoms with Crippen LogP contribution in [0.3, 0.4) is 0 Å². The van der Waals surface area contributed by atoms with Crippen molar-refractivity contribution in [2.75, 3.05) is 12.4 Å². The largest absolute Gasteiger partial charge is 0.406 e. The molecule has 2 heterocycles. The Morgan fingerprint density at radius 3 is 2.05 bits per heavy atom. The van der Waals surface area contributed by atoms with Gasteiger partial charge in [0.1, 0.15) is 0 Å². The predicted octanol–water partition coefficient (Wildman–Crippen LogP) is 4.49. The second-order valence-corrected chi connectivity index (χ2v) is 16.9. The first-order valence-corrected chi connectivity index (χ1v) is 16.7. The van der Waals surface area contributed by atoms with Crippen molar-refractivity contribution in [1.82, 2.24) is 9.55 Å². The molecule has 0 saturated carbocycles. The van der Waals surface area contributed by atoms with Gasteiger partial charge in [-0.25, -0.2) is 4.79 Å². The van der Waals surface area contributed by atoms with Crippen molar-refractivity contribution in [1.29, 1.82) is 0 Å². The number of thioether (sulfide) groups is 1. The Kier molecular flexibility index (Phi) is 8.79. The first-order chi connectivity index (χ1) is 19.7. The number of hydrogen-bond acceptors (Lipinski definition) is 5. The molecule has 9 heteroatoms. The third-order valence-corrected chi connectivity index (χ3v) is 14.0. The van der Waals surface area contributed by atoms with Crippen molar-refractivity contribution in [2.45, 2.75) is 49.8 Å². The molecule has 3 aromatic carbocycles. The number of benzene rings is 3. The summed E-state index contributed by atoms with van der Waals surface area (Å²) in [5.41, 5.74) is -0.677. The van der Waals surface area contributed by atoms with E-state index in [1.165, 1.54) is 14.9 Å². The monoisotopic (exact) mass is 590 g/mol. The summed E-state index contributed by atoms with van der Waals surface area (Å²) in [6, 6.07) is 30.2. The van der Waals surface area contributed by atoms with Gasteiger partial charge in [0.25, 0.3) is 13.9 Å². The van der Waals surface area contributed by atoms with Crippen LogP contribution in [0.25, 0.3) is 0 Å².